The van der Waals surface area contributed by atoms with E-state index in [1.54, 1.807) is 20.9 Å². The second-order valence-corrected chi connectivity index (χ2v) is 4.32. The summed E-state index contributed by atoms with van der Waals surface area (Å²) in [6, 6.07) is -0.310. The minimum Gasteiger partial charge on any atom is -0.328 e. The largest absolute Gasteiger partial charge is 0.328 e. The van der Waals surface area contributed by atoms with Gasteiger partial charge < -0.3 is 9.80 Å². The normalized spacial score (nSPS) is 19.4. The molecule has 0 aliphatic carbocycles. The van der Waals surface area contributed by atoms with Gasteiger partial charge in [-0.05, 0) is 20.8 Å². The molecular weight excluding hydrogens is 210 g/mol. The molecule has 0 aromatic carbocycles. The van der Waals surface area contributed by atoms with Crippen molar-refractivity contribution in [1.29, 1.82) is 0 Å². The summed E-state index contributed by atoms with van der Waals surface area (Å²) in [5.41, 5.74) is -0.992. The summed E-state index contributed by atoms with van der Waals surface area (Å²) in [6.07, 6.45) is 0. The van der Waals surface area contributed by atoms with E-state index in [4.69, 9.17) is 0 Å². The molecule has 1 aliphatic heterocycles. The van der Waals surface area contributed by atoms with Crippen molar-refractivity contribution < 1.29 is 14.4 Å². The molecule has 0 saturated carbocycles. The third-order valence-corrected chi connectivity index (χ3v) is 2.82. The number of hydrogen-bond acceptors (Lipinski definition) is 3. The Balaban J connectivity index is 2.96. The Labute approximate surface area is 94.6 Å². The van der Waals surface area contributed by atoms with E-state index in [1.165, 1.54) is 9.80 Å². The van der Waals surface area contributed by atoms with Gasteiger partial charge in [-0.3, -0.25) is 14.9 Å². The number of hydrogen-bond donors (Lipinski definition) is 1. The highest BCUT2D eigenvalue weighted by Gasteiger charge is 2.44. The van der Waals surface area contributed by atoms with Gasteiger partial charge in [0.25, 0.3) is 5.91 Å². The fraction of sp³-hybridized carbons (Fsp3) is 0.700. The van der Waals surface area contributed by atoms with Crippen molar-refractivity contribution >= 4 is 17.8 Å². The molecule has 1 saturated heterocycles. The van der Waals surface area contributed by atoms with Crippen molar-refractivity contribution in [3.05, 3.63) is 0 Å². The first-order valence-corrected chi connectivity index (χ1v) is 5.17. The average Bonchev–Trinajstić information content (AvgIpc) is 2.21. The highest BCUT2D eigenvalue weighted by atomic mass is 16.2. The fourth-order valence-electron chi connectivity index (χ4n) is 1.43. The molecule has 16 heavy (non-hydrogen) atoms. The van der Waals surface area contributed by atoms with Crippen LogP contribution in [0.3, 0.4) is 0 Å². The predicted molar refractivity (Wildman–Crippen MR) is 57.6 cm³/mol. The number of amides is 4. The Morgan fingerprint density at radius 3 is 2.56 bits per heavy atom. The monoisotopic (exact) mass is 227 g/mol. The van der Waals surface area contributed by atoms with E-state index in [2.05, 4.69) is 5.32 Å². The highest BCUT2D eigenvalue weighted by molar-refractivity contribution is 6.05. The molecule has 1 rings (SSSR count). The number of carbonyl (C=O) groups excluding carboxylic acids is 3. The molecule has 0 aromatic rings. The molecule has 1 aliphatic rings. The van der Waals surface area contributed by atoms with Gasteiger partial charge in [-0.2, -0.15) is 0 Å². The summed E-state index contributed by atoms with van der Waals surface area (Å²) in [5, 5.41) is 2.22. The SMILES string of the molecule is CCN(C)C(=O)N1CC(=O)NC(=O)C1(C)C. The Hall–Kier alpha value is -1.59. The maximum Gasteiger partial charge on any atom is 0.321 e. The molecule has 0 aromatic heterocycles. The Bertz CT molecular complexity index is 338. The summed E-state index contributed by atoms with van der Waals surface area (Å²) in [6.45, 7) is 5.52. The van der Waals surface area contributed by atoms with E-state index >= 15 is 0 Å². The molecule has 0 atom stereocenters. The van der Waals surface area contributed by atoms with Crippen LogP contribution in [-0.4, -0.2) is 53.3 Å². The molecule has 6 nitrogen and oxygen atoms in total. The van der Waals surface area contributed by atoms with Crippen molar-refractivity contribution in [3.63, 3.8) is 0 Å². The van der Waals surface area contributed by atoms with Crippen molar-refractivity contribution in [3.8, 4) is 0 Å². The number of nitrogens with one attached hydrogen (secondary N) is 1. The zero-order valence-electron chi connectivity index (χ0n) is 10.0. The molecular formula is C10H17N3O3. The van der Waals surface area contributed by atoms with Gasteiger partial charge in [0.1, 0.15) is 12.1 Å². The van der Waals surface area contributed by atoms with Crippen LogP contribution in [0.15, 0.2) is 0 Å². The molecule has 6 heteroatoms. The predicted octanol–water partition coefficient (Wildman–Crippen LogP) is -0.205. The molecule has 1 heterocycles. The molecule has 1 fully saturated rings. The average molecular weight is 227 g/mol. The second kappa shape index (κ2) is 4.11. The first-order valence-electron chi connectivity index (χ1n) is 5.17. The van der Waals surface area contributed by atoms with Crippen molar-refractivity contribution in [1.82, 2.24) is 15.1 Å². The summed E-state index contributed by atoms with van der Waals surface area (Å²) >= 11 is 0. The van der Waals surface area contributed by atoms with Gasteiger partial charge in [0.15, 0.2) is 0 Å². The number of carbonyl (C=O) groups is 3. The molecule has 0 bridgehead atoms. The summed E-state index contributed by atoms with van der Waals surface area (Å²) < 4.78 is 0. The van der Waals surface area contributed by atoms with Gasteiger partial charge in [0.2, 0.25) is 5.91 Å². The van der Waals surface area contributed by atoms with E-state index in [1.807, 2.05) is 6.92 Å². The standard InChI is InChI=1S/C10H17N3O3/c1-5-12(4)9(16)13-6-7(14)11-8(15)10(13,2)3/h5-6H2,1-4H3,(H,11,14,15). The lowest BCUT2D eigenvalue weighted by Gasteiger charge is -2.41. The summed E-state index contributed by atoms with van der Waals surface area (Å²) in [4.78, 5) is 37.6. The van der Waals surface area contributed by atoms with Gasteiger partial charge in [0, 0.05) is 13.6 Å². The Morgan fingerprint density at radius 2 is 2.06 bits per heavy atom. The van der Waals surface area contributed by atoms with Crippen LogP contribution in [0.4, 0.5) is 4.79 Å². The van der Waals surface area contributed by atoms with Crippen LogP contribution in [0.25, 0.3) is 0 Å². The van der Waals surface area contributed by atoms with E-state index in [0.717, 1.165) is 0 Å². The number of nitrogens with zero attached hydrogens (tertiary/aromatic N) is 2. The zero-order valence-corrected chi connectivity index (χ0v) is 10.0. The van der Waals surface area contributed by atoms with Crippen LogP contribution in [0.1, 0.15) is 20.8 Å². The van der Waals surface area contributed by atoms with Crippen LogP contribution < -0.4 is 5.32 Å². The number of imide groups is 1. The summed E-state index contributed by atoms with van der Waals surface area (Å²) in [5.74, 6) is -0.885. The van der Waals surface area contributed by atoms with Crippen LogP contribution in [-0.2, 0) is 9.59 Å². The molecule has 0 spiro atoms. The minimum atomic E-state index is -0.992. The van der Waals surface area contributed by atoms with Crippen molar-refractivity contribution in [2.24, 2.45) is 0 Å². The van der Waals surface area contributed by atoms with Gasteiger partial charge in [0.05, 0.1) is 0 Å². The lowest BCUT2D eigenvalue weighted by atomic mass is 9.99. The fourth-order valence-corrected chi connectivity index (χ4v) is 1.43. The number of piperazine rings is 1. The van der Waals surface area contributed by atoms with E-state index in [-0.39, 0.29) is 12.6 Å². The molecule has 4 amide bonds. The topological polar surface area (TPSA) is 69.7 Å². The van der Waals surface area contributed by atoms with Crippen LogP contribution in [0.5, 0.6) is 0 Å². The van der Waals surface area contributed by atoms with E-state index in [0.29, 0.717) is 6.54 Å². The van der Waals surface area contributed by atoms with E-state index < -0.39 is 17.4 Å². The zero-order chi connectivity index (χ0) is 12.5. The molecule has 90 valence electrons. The molecule has 0 unspecified atom stereocenters. The van der Waals surface area contributed by atoms with Crippen LogP contribution in [0, 0.1) is 0 Å². The summed E-state index contributed by atoms with van der Waals surface area (Å²) in [7, 11) is 1.63. The smallest absolute Gasteiger partial charge is 0.321 e. The Morgan fingerprint density at radius 1 is 1.50 bits per heavy atom. The maximum atomic E-state index is 12.0. The molecule has 0 radical (unpaired) electrons. The Kier molecular flexibility index (Phi) is 3.21. The lowest BCUT2D eigenvalue weighted by molar-refractivity contribution is -0.143. The first-order chi connectivity index (χ1) is 7.30. The van der Waals surface area contributed by atoms with Gasteiger partial charge in [-0.1, -0.05) is 0 Å². The quantitative estimate of drug-likeness (QED) is 0.630. The lowest BCUT2D eigenvalue weighted by Crippen LogP contribution is -2.67. The third-order valence-electron chi connectivity index (χ3n) is 2.82. The van der Waals surface area contributed by atoms with Gasteiger partial charge >= 0.3 is 6.03 Å². The van der Waals surface area contributed by atoms with Crippen molar-refractivity contribution in [2.75, 3.05) is 20.1 Å². The number of urea groups is 1. The van der Waals surface area contributed by atoms with Gasteiger partial charge in [-0.25, -0.2) is 4.79 Å². The second-order valence-electron chi connectivity index (χ2n) is 4.32. The third kappa shape index (κ3) is 2.00. The first kappa shape index (κ1) is 12.5. The van der Waals surface area contributed by atoms with Crippen molar-refractivity contribution in [2.45, 2.75) is 26.3 Å². The van der Waals surface area contributed by atoms with Crippen LogP contribution >= 0.6 is 0 Å². The van der Waals surface area contributed by atoms with Gasteiger partial charge in [-0.15, -0.1) is 0 Å². The minimum absolute atomic E-state index is 0.0814. The van der Waals surface area contributed by atoms with Crippen LogP contribution in [0.2, 0.25) is 0 Å². The molecule has 1 N–H and O–H groups in total. The number of rotatable bonds is 1. The maximum absolute atomic E-state index is 12.0. The van der Waals surface area contributed by atoms with E-state index in [9.17, 15) is 14.4 Å². The highest BCUT2D eigenvalue weighted by Crippen LogP contribution is 2.19.